The maximum absolute atomic E-state index is 10.7. The minimum Gasteiger partial charge on any atom is -0.478 e. The van der Waals surface area contributed by atoms with Crippen molar-refractivity contribution in [3.05, 3.63) is 45.5 Å². The largest absolute Gasteiger partial charge is 0.478 e. The predicted molar refractivity (Wildman–Crippen MR) is 61.9 cm³/mol. The molecule has 0 bridgehead atoms. The number of hydrogen-bond donors (Lipinski definition) is 1. The molecule has 1 rings (SSSR count). The molecule has 0 radical (unpaired) electrons. The molecule has 0 heterocycles. The molecule has 0 fully saturated rings. The summed E-state index contributed by atoms with van der Waals surface area (Å²) >= 11 is 11.8. The van der Waals surface area contributed by atoms with Crippen LogP contribution in [0.15, 0.2) is 24.3 Å². The van der Waals surface area contributed by atoms with Gasteiger partial charge in [0.25, 0.3) is 0 Å². The Morgan fingerprint density at radius 2 is 2.07 bits per heavy atom. The van der Waals surface area contributed by atoms with Crippen molar-refractivity contribution >= 4 is 29.2 Å². The molecule has 2 nitrogen and oxygen atoms in total. The zero-order valence-corrected chi connectivity index (χ0v) is 9.64. The van der Waals surface area contributed by atoms with Gasteiger partial charge in [-0.15, -0.1) is 0 Å². The topological polar surface area (TPSA) is 37.3 Å². The second kappa shape index (κ2) is 5.19. The van der Waals surface area contributed by atoms with Gasteiger partial charge in [0.1, 0.15) is 0 Å². The van der Waals surface area contributed by atoms with Gasteiger partial charge in [0, 0.05) is 0 Å². The number of hydrogen-bond acceptors (Lipinski definition) is 1. The molecule has 4 heteroatoms. The summed E-state index contributed by atoms with van der Waals surface area (Å²) in [5.41, 5.74) is 0.857. The van der Waals surface area contributed by atoms with E-state index >= 15 is 0 Å². The Morgan fingerprint density at radius 1 is 1.40 bits per heavy atom. The fraction of sp³-hybridized carbons (Fsp3) is 0.182. The van der Waals surface area contributed by atoms with Gasteiger partial charge < -0.3 is 5.11 Å². The Labute approximate surface area is 98.1 Å². The SMILES string of the molecule is CC=CCc1ccc(C(=O)O)c(Cl)c1Cl. The fourth-order valence-electron chi connectivity index (χ4n) is 1.16. The van der Waals surface area contributed by atoms with E-state index in [1.54, 1.807) is 6.07 Å². The highest BCUT2D eigenvalue weighted by atomic mass is 35.5. The first-order valence-corrected chi connectivity index (χ1v) is 5.14. The van der Waals surface area contributed by atoms with Crippen molar-refractivity contribution in [2.45, 2.75) is 13.3 Å². The molecule has 0 saturated carbocycles. The number of rotatable bonds is 3. The molecule has 0 amide bonds. The number of carbonyl (C=O) groups is 1. The Morgan fingerprint density at radius 3 is 2.60 bits per heavy atom. The first-order valence-electron chi connectivity index (χ1n) is 4.39. The van der Waals surface area contributed by atoms with Gasteiger partial charge in [0.05, 0.1) is 15.6 Å². The van der Waals surface area contributed by atoms with Crippen molar-refractivity contribution in [1.29, 1.82) is 0 Å². The monoisotopic (exact) mass is 244 g/mol. The van der Waals surface area contributed by atoms with Crippen LogP contribution in [0.2, 0.25) is 10.0 Å². The second-order valence-electron chi connectivity index (χ2n) is 2.98. The van der Waals surface area contributed by atoms with Gasteiger partial charge in [0.2, 0.25) is 0 Å². The Kier molecular flexibility index (Phi) is 4.18. The number of benzene rings is 1. The van der Waals surface area contributed by atoms with Gasteiger partial charge in [-0.2, -0.15) is 0 Å². The van der Waals surface area contributed by atoms with E-state index in [4.69, 9.17) is 28.3 Å². The van der Waals surface area contributed by atoms with Crippen LogP contribution in [-0.4, -0.2) is 11.1 Å². The third kappa shape index (κ3) is 2.74. The first-order chi connectivity index (χ1) is 7.07. The normalized spacial score (nSPS) is 10.9. The summed E-state index contributed by atoms with van der Waals surface area (Å²) in [6.07, 6.45) is 4.47. The lowest BCUT2D eigenvalue weighted by Gasteiger charge is -2.05. The number of allylic oxidation sites excluding steroid dienone is 2. The first kappa shape index (κ1) is 12.1. The van der Waals surface area contributed by atoms with Crippen molar-refractivity contribution in [1.82, 2.24) is 0 Å². The van der Waals surface area contributed by atoms with E-state index in [1.165, 1.54) is 6.07 Å². The van der Waals surface area contributed by atoms with Crippen molar-refractivity contribution in [3.63, 3.8) is 0 Å². The number of carboxylic acids is 1. The van der Waals surface area contributed by atoms with Crippen LogP contribution in [0.3, 0.4) is 0 Å². The Bertz CT molecular complexity index is 411. The molecule has 0 aliphatic rings. The molecule has 0 saturated heterocycles. The zero-order chi connectivity index (χ0) is 11.4. The third-order valence-electron chi connectivity index (χ3n) is 1.97. The highest BCUT2D eigenvalue weighted by Gasteiger charge is 2.13. The molecule has 1 aromatic carbocycles. The van der Waals surface area contributed by atoms with E-state index in [0.717, 1.165) is 5.56 Å². The van der Waals surface area contributed by atoms with E-state index in [2.05, 4.69) is 0 Å². The van der Waals surface area contributed by atoms with Crippen LogP contribution >= 0.6 is 23.2 Å². The third-order valence-corrected chi connectivity index (χ3v) is 2.89. The standard InChI is InChI=1S/C11H10Cl2O2/c1-2-3-4-7-5-6-8(11(14)15)10(13)9(7)12/h2-3,5-6H,4H2,1H3,(H,14,15). The lowest BCUT2D eigenvalue weighted by molar-refractivity contribution is 0.0697. The van der Waals surface area contributed by atoms with Crippen LogP contribution in [-0.2, 0) is 6.42 Å². The second-order valence-corrected chi connectivity index (χ2v) is 3.73. The van der Waals surface area contributed by atoms with Crippen LogP contribution in [0.4, 0.5) is 0 Å². The van der Waals surface area contributed by atoms with Gasteiger partial charge in [0.15, 0.2) is 0 Å². The molecule has 0 aliphatic heterocycles. The molecule has 0 atom stereocenters. The fourth-order valence-corrected chi connectivity index (χ4v) is 1.66. The van der Waals surface area contributed by atoms with Gasteiger partial charge >= 0.3 is 5.97 Å². The van der Waals surface area contributed by atoms with E-state index in [0.29, 0.717) is 11.4 Å². The summed E-state index contributed by atoms with van der Waals surface area (Å²) in [4.78, 5) is 10.7. The highest BCUT2D eigenvalue weighted by molar-refractivity contribution is 6.44. The molecule has 1 aromatic rings. The summed E-state index contributed by atoms with van der Waals surface area (Å²) in [6, 6.07) is 3.15. The van der Waals surface area contributed by atoms with Gasteiger partial charge in [-0.05, 0) is 25.0 Å². The van der Waals surface area contributed by atoms with Crippen molar-refractivity contribution in [3.8, 4) is 0 Å². The summed E-state index contributed by atoms with van der Waals surface area (Å²) in [7, 11) is 0. The maximum Gasteiger partial charge on any atom is 0.337 e. The molecular weight excluding hydrogens is 235 g/mol. The molecule has 0 spiro atoms. The van der Waals surface area contributed by atoms with Crippen LogP contribution in [0.5, 0.6) is 0 Å². The molecule has 80 valence electrons. The van der Waals surface area contributed by atoms with Crippen LogP contribution < -0.4 is 0 Å². The number of halogens is 2. The van der Waals surface area contributed by atoms with Gasteiger partial charge in [-0.25, -0.2) is 4.79 Å². The Hall–Kier alpha value is -0.990. The summed E-state index contributed by atoms with van der Waals surface area (Å²) in [5, 5.41) is 9.22. The minimum absolute atomic E-state index is 0.0332. The molecular formula is C11H10Cl2O2. The molecule has 0 aliphatic carbocycles. The van der Waals surface area contributed by atoms with Crippen LogP contribution in [0, 0.1) is 0 Å². The highest BCUT2D eigenvalue weighted by Crippen LogP contribution is 2.30. The van der Waals surface area contributed by atoms with E-state index in [-0.39, 0.29) is 10.6 Å². The lowest BCUT2D eigenvalue weighted by atomic mass is 10.1. The zero-order valence-electron chi connectivity index (χ0n) is 8.13. The van der Waals surface area contributed by atoms with E-state index < -0.39 is 5.97 Å². The molecule has 0 unspecified atom stereocenters. The Balaban J connectivity index is 3.15. The van der Waals surface area contributed by atoms with Crippen LogP contribution in [0.1, 0.15) is 22.8 Å². The summed E-state index contributed by atoms with van der Waals surface area (Å²) in [6.45, 7) is 1.90. The van der Waals surface area contributed by atoms with Crippen LogP contribution in [0.25, 0.3) is 0 Å². The average molecular weight is 245 g/mol. The molecule has 15 heavy (non-hydrogen) atoms. The number of aromatic carboxylic acids is 1. The number of carboxylic acid groups (broad SMARTS) is 1. The van der Waals surface area contributed by atoms with Gasteiger partial charge in [-0.1, -0.05) is 41.4 Å². The van der Waals surface area contributed by atoms with E-state index in [9.17, 15) is 4.79 Å². The van der Waals surface area contributed by atoms with Crippen molar-refractivity contribution in [2.75, 3.05) is 0 Å². The molecule has 0 aromatic heterocycles. The van der Waals surface area contributed by atoms with Gasteiger partial charge in [-0.3, -0.25) is 0 Å². The molecule has 1 N–H and O–H groups in total. The minimum atomic E-state index is -1.07. The quantitative estimate of drug-likeness (QED) is 0.822. The van der Waals surface area contributed by atoms with Crippen molar-refractivity contribution in [2.24, 2.45) is 0 Å². The van der Waals surface area contributed by atoms with E-state index in [1.807, 2.05) is 19.1 Å². The smallest absolute Gasteiger partial charge is 0.337 e. The predicted octanol–water partition coefficient (Wildman–Crippen LogP) is 3.81. The maximum atomic E-state index is 10.7. The summed E-state index contributed by atoms with van der Waals surface area (Å²) in [5.74, 6) is -1.07. The average Bonchev–Trinajstić information content (AvgIpc) is 2.20. The summed E-state index contributed by atoms with van der Waals surface area (Å²) < 4.78 is 0. The lowest BCUT2D eigenvalue weighted by Crippen LogP contribution is -1.99. The van der Waals surface area contributed by atoms with Crippen molar-refractivity contribution < 1.29 is 9.90 Å².